The van der Waals surface area contributed by atoms with Crippen molar-refractivity contribution in [3.8, 4) is 0 Å². The molecule has 0 spiro atoms. The van der Waals surface area contributed by atoms with E-state index in [9.17, 15) is 13.2 Å². The summed E-state index contributed by atoms with van der Waals surface area (Å²) in [4.78, 5) is 7.03. The number of aromatic nitrogens is 1. The second-order valence-corrected chi connectivity index (χ2v) is 5.89. The number of hydrogen-bond acceptors (Lipinski definition) is 4. The summed E-state index contributed by atoms with van der Waals surface area (Å²) in [7, 11) is 1.79. The van der Waals surface area contributed by atoms with Crippen LogP contribution >= 0.6 is 11.3 Å². The molecule has 0 amide bonds. The molecule has 2 rings (SSSR count). The quantitative estimate of drug-likeness (QED) is 0.875. The first-order chi connectivity index (χ1) is 9.77. The monoisotopic (exact) mass is 315 g/mol. The van der Waals surface area contributed by atoms with Crippen LogP contribution in [0.2, 0.25) is 0 Å². The number of anilines is 1. The van der Waals surface area contributed by atoms with Gasteiger partial charge in [-0.2, -0.15) is 13.2 Å². The van der Waals surface area contributed by atoms with E-state index in [1.54, 1.807) is 12.6 Å². The average molecular weight is 315 g/mol. The molecule has 0 fully saturated rings. The number of aryl methyl sites for hydroxylation is 1. The summed E-state index contributed by atoms with van der Waals surface area (Å²) in [6.07, 6.45) is -4.40. The Kier molecular flexibility index (Phi) is 4.53. The molecule has 0 saturated carbocycles. The summed E-state index contributed by atoms with van der Waals surface area (Å²) < 4.78 is 39.1. The summed E-state index contributed by atoms with van der Waals surface area (Å²) in [5.74, 6) is 0. The van der Waals surface area contributed by atoms with Crippen molar-refractivity contribution in [3.63, 3.8) is 0 Å². The summed E-state index contributed by atoms with van der Waals surface area (Å²) in [6.45, 7) is 2.66. The predicted octanol–water partition coefficient (Wildman–Crippen LogP) is 3.68. The molecule has 0 aliphatic heterocycles. The van der Waals surface area contributed by atoms with Gasteiger partial charge in [-0.1, -0.05) is 6.07 Å². The van der Waals surface area contributed by atoms with Crippen LogP contribution in [0.5, 0.6) is 0 Å². The normalized spacial score (nSPS) is 12.1. The van der Waals surface area contributed by atoms with Crippen LogP contribution in [-0.2, 0) is 19.3 Å². The SMILES string of the molecule is Cc1ncsc1CN(C)Cc1ccc(N)cc1C(F)(F)F. The number of rotatable bonds is 4. The van der Waals surface area contributed by atoms with E-state index in [2.05, 4.69) is 4.98 Å². The van der Waals surface area contributed by atoms with Gasteiger partial charge in [-0.15, -0.1) is 11.3 Å². The molecule has 1 aromatic heterocycles. The Morgan fingerprint density at radius 2 is 2.00 bits per heavy atom. The fourth-order valence-corrected chi connectivity index (χ4v) is 2.92. The summed E-state index contributed by atoms with van der Waals surface area (Å²) >= 11 is 1.51. The molecule has 3 nitrogen and oxygen atoms in total. The minimum atomic E-state index is -4.40. The number of thiazole rings is 1. The van der Waals surface area contributed by atoms with E-state index in [0.717, 1.165) is 16.6 Å². The molecule has 0 unspecified atom stereocenters. The van der Waals surface area contributed by atoms with Gasteiger partial charge in [0.2, 0.25) is 0 Å². The topological polar surface area (TPSA) is 42.2 Å². The fourth-order valence-electron chi connectivity index (χ4n) is 2.07. The molecule has 0 atom stereocenters. The number of benzene rings is 1. The number of nitrogens with two attached hydrogens (primary N) is 1. The smallest absolute Gasteiger partial charge is 0.399 e. The lowest BCUT2D eigenvalue weighted by molar-refractivity contribution is -0.138. The number of hydrogen-bond donors (Lipinski definition) is 1. The zero-order chi connectivity index (χ0) is 15.6. The summed E-state index contributed by atoms with van der Waals surface area (Å²) in [6, 6.07) is 3.92. The van der Waals surface area contributed by atoms with Gasteiger partial charge in [0.25, 0.3) is 0 Å². The van der Waals surface area contributed by atoms with Gasteiger partial charge in [0.05, 0.1) is 16.8 Å². The Bertz CT molecular complexity index is 622. The lowest BCUT2D eigenvalue weighted by Gasteiger charge is -2.20. The van der Waals surface area contributed by atoms with Gasteiger partial charge in [-0.3, -0.25) is 4.90 Å². The van der Waals surface area contributed by atoms with E-state index < -0.39 is 11.7 Å². The van der Waals surface area contributed by atoms with E-state index in [0.29, 0.717) is 6.54 Å². The average Bonchev–Trinajstić information content (AvgIpc) is 2.76. The first kappa shape index (κ1) is 15.8. The van der Waals surface area contributed by atoms with E-state index >= 15 is 0 Å². The van der Waals surface area contributed by atoms with E-state index in [-0.39, 0.29) is 17.8 Å². The number of alkyl halides is 3. The molecule has 7 heteroatoms. The van der Waals surface area contributed by atoms with Crippen molar-refractivity contribution >= 4 is 17.0 Å². The van der Waals surface area contributed by atoms with Gasteiger partial charge < -0.3 is 5.73 Å². The molecule has 1 aromatic carbocycles. The molecular weight excluding hydrogens is 299 g/mol. The third-order valence-electron chi connectivity index (χ3n) is 3.14. The van der Waals surface area contributed by atoms with Gasteiger partial charge >= 0.3 is 6.18 Å². The maximum atomic E-state index is 13.0. The number of nitrogen functional groups attached to an aromatic ring is 1. The Morgan fingerprint density at radius 3 is 2.57 bits per heavy atom. The highest BCUT2D eigenvalue weighted by Crippen LogP contribution is 2.34. The zero-order valence-corrected chi connectivity index (χ0v) is 12.6. The van der Waals surface area contributed by atoms with Gasteiger partial charge in [-0.05, 0) is 31.7 Å². The number of halogens is 3. The maximum Gasteiger partial charge on any atom is 0.416 e. The Balaban J connectivity index is 2.17. The lowest BCUT2D eigenvalue weighted by Crippen LogP contribution is -2.20. The van der Waals surface area contributed by atoms with Crippen LogP contribution < -0.4 is 5.73 Å². The Hall–Kier alpha value is -1.60. The van der Waals surface area contributed by atoms with Gasteiger partial charge in [0, 0.05) is 23.7 Å². The number of nitrogens with zero attached hydrogens (tertiary/aromatic N) is 2. The summed E-state index contributed by atoms with van der Waals surface area (Å²) in [5.41, 5.74) is 7.79. The molecule has 114 valence electrons. The molecule has 0 aliphatic rings. The minimum absolute atomic E-state index is 0.118. The van der Waals surface area contributed by atoms with E-state index in [4.69, 9.17) is 5.73 Å². The van der Waals surface area contributed by atoms with Crippen molar-refractivity contribution in [1.82, 2.24) is 9.88 Å². The highest BCUT2D eigenvalue weighted by molar-refractivity contribution is 7.09. The van der Waals surface area contributed by atoms with Gasteiger partial charge in [0.1, 0.15) is 0 Å². The van der Waals surface area contributed by atoms with Crippen LogP contribution in [0.4, 0.5) is 18.9 Å². The highest BCUT2D eigenvalue weighted by Gasteiger charge is 2.33. The highest BCUT2D eigenvalue weighted by atomic mass is 32.1. The van der Waals surface area contributed by atoms with Crippen molar-refractivity contribution in [2.75, 3.05) is 12.8 Å². The second-order valence-electron chi connectivity index (χ2n) is 4.95. The zero-order valence-electron chi connectivity index (χ0n) is 11.7. The van der Waals surface area contributed by atoms with Crippen molar-refractivity contribution in [1.29, 1.82) is 0 Å². The fraction of sp³-hybridized carbons (Fsp3) is 0.357. The second kappa shape index (κ2) is 6.03. The van der Waals surface area contributed by atoms with Crippen LogP contribution in [-0.4, -0.2) is 16.9 Å². The molecule has 2 N–H and O–H groups in total. The molecule has 0 aliphatic carbocycles. The van der Waals surface area contributed by atoms with E-state index in [1.807, 2.05) is 11.8 Å². The van der Waals surface area contributed by atoms with Crippen LogP contribution in [0.1, 0.15) is 21.7 Å². The third kappa shape index (κ3) is 3.95. The molecule has 21 heavy (non-hydrogen) atoms. The van der Waals surface area contributed by atoms with E-state index in [1.165, 1.54) is 23.5 Å². The minimum Gasteiger partial charge on any atom is -0.399 e. The van der Waals surface area contributed by atoms with Crippen LogP contribution in [0.3, 0.4) is 0 Å². The molecular formula is C14H16F3N3S. The van der Waals surface area contributed by atoms with Crippen molar-refractivity contribution in [2.24, 2.45) is 0 Å². The van der Waals surface area contributed by atoms with Crippen LogP contribution in [0.25, 0.3) is 0 Å². The lowest BCUT2D eigenvalue weighted by atomic mass is 10.1. The standard InChI is InChI=1S/C14H16F3N3S/c1-9-13(21-8-19-9)7-20(2)6-10-3-4-11(18)5-12(10)14(15,16)17/h3-5,8H,6-7,18H2,1-2H3. The first-order valence-corrected chi connectivity index (χ1v) is 7.18. The van der Waals surface area contributed by atoms with Crippen LogP contribution in [0.15, 0.2) is 23.7 Å². The van der Waals surface area contributed by atoms with Gasteiger partial charge in [0.15, 0.2) is 0 Å². The Morgan fingerprint density at radius 1 is 1.29 bits per heavy atom. The maximum absolute atomic E-state index is 13.0. The van der Waals surface area contributed by atoms with Crippen molar-refractivity contribution in [2.45, 2.75) is 26.2 Å². The van der Waals surface area contributed by atoms with Gasteiger partial charge in [-0.25, -0.2) is 4.98 Å². The first-order valence-electron chi connectivity index (χ1n) is 6.30. The van der Waals surface area contributed by atoms with Crippen LogP contribution in [0, 0.1) is 6.92 Å². The molecule has 0 saturated heterocycles. The van der Waals surface area contributed by atoms with Crippen molar-refractivity contribution in [3.05, 3.63) is 45.4 Å². The molecule has 1 heterocycles. The third-order valence-corrected chi connectivity index (χ3v) is 4.06. The molecule has 0 bridgehead atoms. The predicted molar refractivity (Wildman–Crippen MR) is 77.9 cm³/mol. The Labute approximate surface area is 125 Å². The molecule has 2 aromatic rings. The summed E-state index contributed by atoms with van der Waals surface area (Å²) in [5, 5.41) is 0. The largest absolute Gasteiger partial charge is 0.416 e. The van der Waals surface area contributed by atoms with Crippen molar-refractivity contribution < 1.29 is 13.2 Å². The molecule has 0 radical (unpaired) electrons.